The molecule has 4 rings (SSSR count). The molecule has 2 saturated heterocycles. The van der Waals surface area contributed by atoms with Crippen LogP contribution in [0, 0.1) is 5.92 Å². The molecule has 2 fully saturated rings. The fourth-order valence-corrected chi connectivity index (χ4v) is 6.28. The minimum Gasteiger partial charge on any atom is -0.481 e. The number of likely N-dealkylation sites (tertiary alicyclic amines) is 2. The lowest BCUT2D eigenvalue weighted by atomic mass is 9.84. The number of carbonyl (C=O) groups is 3. The third kappa shape index (κ3) is 7.46. The lowest BCUT2D eigenvalue weighted by Gasteiger charge is -2.31. The maximum atomic E-state index is 13.7. The molecule has 0 aliphatic carbocycles. The number of aliphatic carboxylic acids is 1. The first-order valence-electron chi connectivity index (χ1n) is 14.8. The topological polar surface area (TPSA) is 103 Å². The highest BCUT2D eigenvalue weighted by atomic mass is 16.7. The van der Waals surface area contributed by atoms with Crippen molar-refractivity contribution < 1.29 is 29.0 Å². The molecule has 1 unspecified atom stereocenters. The Morgan fingerprint density at radius 3 is 2.52 bits per heavy atom. The molecule has 3 aliphatic heterocycles. The van der Waals surface area contributed by atoms with Crippen molar-refractivity contribution in [2.75, 3.05) is 66.7 Å². The largest absolute Gasteiger partial charge is 0.481 e. The van der Waals surface area contributed by atoms with Crippen molar-refractivity contribution in [3.8, 4) is 11.5 Å². The van der Waals surface area contributed by atoms with Gasteiger partial charge in [-0.3, -0.25) is 19.3 Å². The third-order valence-corrected chi connectivity index (χ3v) is 8.48. The number of nitrogens with zero attached hydrogens (tertiary/aromatic N) is 4. The van der Waals surface area contributed by atoms with Crippen LogP contribution >= 0.6 is 0 Å². The smallest absolute Gasteiger partial charge is 0.308 e. The minimum atomic E-state index is -0.873. The van der Waals surface area contributed by atoms with Crippen LogP contribution in [0.25, 0.3) is 0 Å². The van der Waals surface area contributed by atoms with Crippen LogP contribution < -0.4 is 9.47 Å². The van der Waals surface area contributed by atoms with Crippen LogP contribution in [-0.4, -0.2) is 115 Å². The van der Waals surface area contributed by atoms with Gasteiger partial charge in [-0.2, -0.15) is 0 Å². The predicted octanol–water partition coefficient (Wildman–Crippen LogP) is 2.87. The van der Waals surface area contributed by atoms with Gasteiger partial charge in [-0.1, -0.05) is 19.4 Å². The van der Waals surface area contributed by atoms with E-state index in [2.05, 4.69) is 30.8 Å². The Kier molecular flexibility index (Phi) is 10.7. The molecule has 3 aliphatic rings. The summed E-state index contributed by atoms with van der Waals surface area (Å²) in [4.78, 5) is 46.8. The average Bonchev–Trinajstić information content (AvgIpc) is 3.64. The lowest BCUT2D eigenvalue weighted by Crippen LogP contribution is -2.45. The second-order valence-corrected chi connectivity index (χ2v) is 11.6. The number of ether oxygens (including phenoxy) is 2. The summed E-state index contributed by atoms with van der Waals surface area (Å²) in [5, 5.41) is 10.5. The van der Waals surface area contributed by atoms with Crippen LogP contribution in [0.1, 0.15) is 63.4 Å². The van der Waals surface area contributed by atoms with Gasteiger partial charge < -0.3 is 29.3 Å². The molecule has 40 heavy (non-hydrogen) atoms. The molecular formula is C30H46N4O6. The molecule has 0 spiro atoms. The number of hydrogen-bond donors (Lipinski definition) is 1. The zero-order valence-electron chi connectivity index (χ0n) is 24.3. The summed E-state index contributed by atoms with van der Waals surface area (Å²) >= 11 is 0. The molecule has 0 aromatic heterocycles. The van der Waals surface area contributed by atoms with Crippen molar-refractivity contribution in [2.45, 2.75) is 63.8 Å². The van der Waals surface area contributed by atoms with E-state index in [1.54, 1.807) is 0 Å². The van der Waals surface area contributed by atoms with Gasteiger partial charge in [0.05, 0.1) is 12.5 Å². The van der Waals surface area contributed by atoms with Crippen molar-refractivity contribution in [2.24, 2.45) is 5.92 Å². The summed E-state index contributed by atoms with van der Waals surface area (Å²) in [7, 11) is 4.11. The van der Waals surface area contributed by atoms with E-state index in [-0.39, 0.29) is 37.1 Å². The van der Waals surface area contributed by atoms with E-state index >= 15 is 0 Å². The summed E-state index contributed by atoms with van der Waals surface area (Å²) in [6.45, 7) is 6.55. The Bertz CT molecular complexity index is 1030. The molecule has 1 aromatic carbocycles. The van der Waals surface area contributed by atoms with Crippen LogP contribution in [-0.2, 0) is 14.4 Å². The average molecular weight is 559 g/mol. The number of unbranched alkanes of at least 4 members (excludes halogenated alkanes) is 2. The van der Waals surface area contributed by atoms with Crippen LogP contribution in [0.15, 0.2) is 18.2 Å². The molecule has 10 nitrogen and oxygen atoms in total. The first-order chi connectivity index (χ1) is 19.3. The SMILES string of the molecule is CCCCN(CCCCN(C)C)C(=O)CN1C[C@H](c2ccc3c(c2)OCO3)C(C(=O)O)[C@@H]1CCN1CCCC1=O. The van der Waals surface area contributed by atoms with Gasteiger partial charge in [0.25, 0.3) is 0 Å². The highest BCUT2D eigenvalue weighted by molar-refractivity contribution is 5.79. The number of carboxylic acids is 1. The van der Waals surface area contributed by atoms with Gasteiger partial charge in [-0.15, -0.1) is 0 Å². The van der Waals surface area contributed by atoms with E-state index < -0.39 is 11.9 Å². The van der Waals surface area contributed by atoms with Crippen LogP contribution in [0.3, 0.4) is 0 Å². The maximum Gasteiger partial charge on any atom is 0.308 e. The Morgan fingerprint density at radius 1 is 1.07 bits per heavy atom. The zero-order chi connectivity index (χ0) is 28.6. The van der Waals surface area contributed by atoms with Gasteiger partial charge >= 0.3 is 5.97 Å². The van der Waals surface area contributed by atoms with Crippen molar-refractivity contribution >= 4 is 17.8 Å². The molecule has 3 heterocycles. The first-order valence-corrected chi connectivity index (χ1v) is 14.8. The Morgan fingerprint density at radius 2 is 1.82 bits per heavy atom. The van der Waals surface area contributed by atoms with Crippen LogP contribution in [0.5, 0.6) is 11.5 Å². The number of rotatable bonds is 15. The number of amides is 2. The van der Waals surface area contributed by atoms with Crippen molar-refractivity contribution in [1.29, 1.82) is 0 Å². The molecule has 2 amide bonds. The van der Waals surface area contributed by atoms with E-state index in [0.717, 1.165) is 44.2 Å². The molecule has 1 N–H and O–H groups in total. The van der Waals surface area contributed by atoms with Crippen LogP contribution in [0.2, 0.25) is 0 Å². The highest BCUT2D eigenvalue weighted by Gasteiger charge is 2.47. The highest BCUT2D eigenvalue weighted by Crippen LogP contribution is 2.42. The molecular weight excluding hydrogens is 512 g/mol. The van der Waals surface area contributed by atoms with E-state index in [0.29, 0.717) is 57.1 Å². The number of carbonyl (C=O) groups excluding carboxylic acids is 2. The molecule has 3 atom stereocenters. The summed E-state index contributed by atoms with van der Waals surface area (Å²) in [5.74, 6) is -0.413. The monoisotopic (exact) mass is 558 g/mol. The van der Waals surface area contributed by atoms with Crippen molar-refractivity contribution in [3.63, 3.8) is 0 Å². The normalized spacial score (nSPS) is 22.4. The van der Waals surface area contributed by atoms with Gasteiger partial charge in [0.1, 0.15) is 0 Å². The summed E-state index contributed by atoms with van der Waals surface area (Å²) in [5.41, 5.74) is 0.875. The first kappa shape index (κ1) is 30.1. The van der Waals surface area contributed by atoms with Gasteiger partial charge in [-0.25, -0.2) is 0 Å². The lowest BCUT2D eigenvalue weighted by molar-refractivity contribution is -0.144. The summed E-state index contributed by atoms with van der Waals surface area (Å²) in [6.07, 6.45) is 5.82. The molecule has 0 radical (unpaired) electrons. The number of fused-ring (bicyclic) bond motifs is 1. The Balaban J connectivity index is 1.53. The molecule has 1 aromatic rings. The summed E-state index contributed by atoms with van der Waals surface area (Å²) < 4.78 is 11.0. The second kappa shape index (κ2) is 14.2. The Labute approximate surface area is 238 Å². The summed E-state index contributed by atoms with van der Waals surface area (Å²) in [6, 6.07) is 5.28. The predicted molar refractivity (Wildman–Crippen MR) is 151 cm³/mol. The fourth-order valence-electron chi connectivity index (χ4n) is 6.28. The molecule has 0 saturated carbocycles. The van der Waals surface area contributed by atoms with Crippen LogP contribution in [0.4, 0.5) is 0 Å². The van der Waals surface area contributed by atoms with E-state index in [1.807, 2.05) is 28.0 Å². The standard InChI is InChI=1S/C30H46N4O6/c1-4-5-14-32(15-7-6-13-31(2)3)28(36)20-34-19-23(22-10-11-25-26(18-22)40-21-39-25)29(30(37)38)24(34)12-17-33-16-8-9-27(33)35/h10-11,18,23-24,29H,4-9,12-17,19-21H2,1-3H3,(H,37,38)/t23-,24+,29?/m1/s1. The maximum absolute atomic E-state index is 13.7. The van der Waals surface area contributed by atoms with Crippen molar-refractivity contribution in [1.82, 2.24) is 19.6 Å². The van der Waals surface area contributed by atoms with Gasteiger partial charge in [-0.05, 0) is 70.4 Å². The molecule has 0 bridgehead atoms. The van der Waals surface area contributed by atoms with Gasteiger partial charge in [0, 0.05) is 51.1 Å². The Hall–Kier alpha value is -2.85. The minimum absolute atomic E-state index is 0.0519. The third-order valence-electron chi connectivity index (χ3n) is 8.48. The van der Waals surface area contributed by atoms with E-state index in [1.165, 1.54) is 0 Å². The number of carboxylic acid groups (broad SMARTS) is 1. The second-order valence-electron chi connectivity index (χ2n) is 11.6. The van der Waals surface area contributed by atoms with Gasteiger partial charge in [0.15, 0.2) is 11.5 Å². The van der Waals surface area contributed by atoms with Gasteiger partial charge in [0.2, 0.25) is 18.6 Å². The number of benzene rings is 1. The molecule has 222 valence electrons. The van der Waals surface area contributed by atoms with E-state index in [4.69, 9.17) is 9.47 Å². The van der Waals surface area contributed by atoms with E-state index in [9.17, 15) is 19.5 Å². The quantitative estimate of drug-likeness (QED) is 0.328. The van der Waals surface area contributed by atoms with Crippen molar-refractivity contribution in [3.05, 3.63) is 23.8 Å². The fraction of sp³-hybridized carbons (Fsp3) is 0.700. The zero-order valence-corrected chi connectivity index (χ0v) is 24.3. The number of hydrogen-bond acceptors (Lipinski definition) is 7. The molecule has 10 heteroatoms.